The van der Waals surface area contributed by atoms with E-state index in [1.807, 2.05) is 38.1 Å². The summed E-state index contributed by atoms with van der Waals surface area (Å²) in [5, 5.41) is 15.0. The van der Waals surface area contributed by atoms with Gasteiger partial charge in [0.25, 0.3) is 5.91 Å². The van der Waals surface area contributed by atoms with Crippen LogP contribution in [0, 0.1) is 13.8 Å². The zero-order valence-corrected chi connectivity index (χ0v) is 15.7. The van der Waals surface area contributed by atoms with E-state index in [-0.39, 0.29) is 5.91 Å². The summed E-state index contributed by atoms with van der Waals surface area (Å²) >= 11 is 3.33. The molecule has 0 unspecified atom stereocenters. The Labute approximate surface area is 157 Å². The number of aromatic nitrogens is 5. The zero-order valence-electron chi connectivity index (χ0n) is 14.1. The van der Waals surface area contributed by atoms with Gasteiger partial charge in [0.2, 0.25) is 0 Å². The molecule has 3 heterocycles. The number of fused-ring (bicyclic) bond motifs is 1. The van der Waals surface area contributed by atoms with Gasteiger partial charge in [0, 0.05) is 5.39 Å². The van der Waals surface area contributed by atoms with Crippen molar-refractivity contribution >= 4 is 38.6 Å². The van der Waals surface area contributed by atoms with E-state index >= 15 is 0 Å². The second kappa shape index (κ2) is 6.38. The van der Waals surface area contributed by atoms with E-state index in [2.05, 4.69) is 41.5 Å². The van der Waals surface area contributed by atoms with Crippen molar-refractivity contribution in [1.82, 2.24) is 25.0 Å². The zero-order chi connectivity index (χ0) is 18.3. The van der Waals surface area contributed by atoms with Gasteiger partial charge in [-0.25, -0.2) is 9.67 Å². The van der Waals surface area contributed by atoms with Crippen molar-refractivity contribution in [2.45, 2.75) is 13.8 Å². The number of halogens is 1. The Bertz CT molecular complexity index is 1130. The summed E-state index contributed by atoms with van der Waals surface area (Å²) in [7, 11) is 0. The van der Waals surface area contributed by atoms with Crippen LogP contribution in [0.15, 0.2) is 47.3 Å². The van der Waals surface area contributed by atoms with Crippen LogP contribution in [-0.4, -0.2) is 30.9 Å². The lowest BCUT2D eigenvalue weighted by molar-refractivity contribution is 0.102. The molecule has 0 aliphatic heterocycles. The van der Waals surface area contributed by atoms with Crippen molar-refractivity contribution in [3.05, 3.63) is 64.1 Å². The average molecular weight is 411 g/mol. The predicted octanol–water partition coefficient (Wildman–Crippen LogP) is 3.78. The van der Waals surface area contributed by atoms with E-state index in [4.69, 9.17) is 0 Å². The molecule has 26 heavy (non-hydrogen) atoms. The molecule has 130 valence electrons. The normalized spacial score (nSPS) is 11.0. The number of carbonyl (C=O) groups excluding carboxylic acids is 1. The van der Waals surface area contributed by atoms with Crippen LogP contribution < -0.4 is 5.32 Å². The van der Waals surface area contributed by atoms with E-state index in [0.717, 1.165) is 27.8 Å². The second-order valence-corrected chi connectivity index (χ2v) is 6.73. The molecule has 1 aromatic carbocycles. The molecule has 0 saturated carbocycles. The number of hydrogen-bond donors (Lipinski definition) is 2. The van der Waals surface area contributed by atoms with Gasteiger partial charge in [-0.05, 0) is 47.5 Å². The Hall–Kier alpha value is -3.00. The molecule has 0 saturated heterocycles. The molecule has 0 aliphatic carbocycles. The molecule has 0 fully saturated rings. The van der Waals surface area contributed by atoms with E-state index in [0.29, 0.717) is 16.0 Å². The van der Waals surface area contributed by atoms with Crippen LogP contribution in [0.5, 0.6) is 0 Å². The number of pyridine rings is 1. The van der Waals surface area contributed by atoms with Gasteiger partial charge in [0.05, 0.1) is 34.9 Å². The Morgan fingerprint density at radius 3 is 2.85 bits per heavy atom. The topological polar surface area (TPSA) is 88.5 Å². The second-order valence-electron chi connectivity index (χ2n) is 5.92. The van der Waals surface area contributed by atoms with Crippen LogP contribution in [0.25, 0.3) is 16.6 Å². The van der Waals surface area contributed by atoms with Crippen molar-refractivity contribution in [1.29, 1.82) is 0 Å². The Kier molecular flexibility index (Phi) is 4.04. The first-order valence-electron chi connectivity index (χ1n) is 7.96. The molecule has 0 atom stereocenters. The highest BCUT2D eigenvalue weighted by atomic mass is 79.9. The van der Waals surface area contributed by atoms with Gasteiger partial charge in [-0.3, -0.25) is 9.89 Å². The first-order chi connectivity index (χ1) is 12.5. The highest BCUT2D eigenvalue weighted by Crippen LogP contribution is 2.24. The Balaban J connectivity index is 1.67. The Morgan fingerprint density at radius 1 is 1.23 bits per heavy atom. The summed E-state index contributed by atoms with van der Waals surface area (Å²) in [5.41, 5.74) is 4.04. The molecule has 0 spiro atoms. The maximum atomic E-state index is 12.7. The number of H-pyrrole nitrogens is 1. The highest BCUT2D eigenvalue weighted by Gasteiger charge is 2.18. The number of aryl methyl sites for hydroxylation is 1. The molecule has 1 amide bonds. The number of aromatic amines is 1. The van der Waals surface area contributed by atoms with E-state index in [9.17, 15) is 4.79 Å². The van der Waals surface area contributed by atoms with Crippen molar-refractivity contribution in [3.8, 4) is 5.69 Å². The van der Waals surface area contributed by atoms with Crippen molar-refractivity contribution in [3.63, 3.8) is 0 Å². The van der Waals surface area contributed by atoms with Crippen LogP contribution in [0.2, 0.25) is 0 Å². The van der Waals surface area contributed by atoms with Gasteiger partial charge in [0.1, 0.15) is 4.60 Å². The quantitative estimate of drug-likeness (QED) is 0.503. The van der Waals surface area contributed by atoms with Gasteiger partial charge in [-0.1, -0.05) is 18.2 Å². The fraction of sp³-hybridized carbons (Fsp3) is 0.111. The number of amides is 1. The lowest BCUT2D eigenvalue weighted by Gasteiger charge is -2.08. The molecular formula is C18H15BrN6O. The average Bonchev–Trinajstić information content (AvgIpc) is 3.19. The number of anilines is 1. The van der Waals surface area contributed by atoms with Gasteiger partial charge >= 0.3 is 0 Å². The molecule has 0 bridgehead atoms. The van der Waals surface area contributed by atoms with Crippen LogP contribution >= 0.6 is 15.9 Å². The smallest absolute Gasteiger partial charge is 0.260 e. The number of hydrogen-bond acceptors (Lipinski definition) is 4. The molecule has 3 aromatic heterocycles. The van der Waals surface area contributed by atoms with E-state index in [1.165, 1.54) is 0 Å². The fourth-order valence-electron chi connectivity index (χ4n) is 2.84. The predicted molar refractivity (Wildman–Crippen MR) is 103 cm³/mol. The highest BCUT2D eigenvalue weighted by molar-refractivity contribution is 9.10. The van der Waals surface area contributed by atoms with Crippen LogP contribution in [0.4, 0.5) is 5.82 Å². The molecule has 8 heteroatoms. The fourth-order valence-corrected chi connectivity index (χ4v) is 3.17. The third-order valence-corrected chi connectivity index (χ3v) is 4.68. The summed E-state index contributed by atoms with van der Waals surface area (Å²) in [6.07, 6.45) is 3.23. The number of nitrogens with zero attached hydrogens (tertiary/aromatic N) is 4. The number of nitrogens with one attached hydrogen (secondary N) is 2. The van der Waals surface area contributed by atoms with Gasteiger partial charge in [0.15, 0.2) is 5.82 Å². The minimum atomic E-state index is -0.260. The molecule has 0 radical (unpaired) electrons. The third kappa shape index (κ3) is 2.78. The van der Waals surface area contributed by atoms with Crippen LogP contribution in [-0.2, 0) is 0 Å². The van der Waals surface area contributed by atoms with Gasteiger partial charge in [-0.15, -0.1) is 0 Å². The standard InChI is InChI=1S/C18H15BrN6O/c1-10-5-3-4-6-15(10)25-11(2)13(8-21-25)18(26)22-17-12-7-16(19)20-9-14(12)23-24-17/h3-9H,1-2H3,(H2,22,23,24,26). The molecule has 4 rings (SSSR count). The van der Waals surface area contributed by atoms with E-state index < -0.39 is 0 Å². The molecule has 2 N–H and O–H groups in total. The lowest BCUT2D eigenvalue weighted by atomic mass is 10.2. The summed E-state index contributed by atoms with van der Waals surface area (Å²) < 4.78 is 2.44. The molecule has 7 nitrogen and oxygen atoms in total. The summed E-state index contributed by atoms with van der Waals surface area (Å²) in [5.74, 6) is 0.194. The first-order valence-corrected chi connectivity index (χ1v) is 8.75. The van der Waals surface area contributed by atoms with Crippen molar-refractivity contribution in [2.24, 2.45) is 0 Å². The van der Waals surface area contributed by atoms with Crippen molar-refractivity contribution in [2.75, 3.05) is 5.32 Å². The number of rotatable bonds is 3. The van der Waals surface area contributed by atoms with Gasteiger partial charge < -0.3 is 5.32 Å². The molecular weight excluding hydrogens is 396 g/mol. The number of carbonyl (C=O) groups is 1. The lowest BCUT2D eigenvalue weighted by Crippen LogP contribution is -2.13. The summed E-state index contributed by atoms with van der Waals surface area (Å²) in [4.78, 5) is 16.9. The summed E-state index contributed by atoms with van der Waals surface area (Å²) in [6.45, 7) is 3.88. The summed E-state index contributed by atoms with van der Waals surface area (Å²) in [6, 6.07) is 9.71. The number of para-hydroxylation sites is 1. The molecule has 4 aromatic rings. The van der Waals surface area contributed by atoms with Crippen molar-refractivity contribution < 1.29 is 4.79 Å². The maximum absolute atomic E-state index is 12.7. The first kappa shape index (κ1) is 16.5. The third-order valence-electron chi connectivity index (χ3n) is 4.24. The maximum Gasteiger partial charge on any atom is 0.260 e. The largest absolute Gasteiger partial charge is 0.304 e. The van der Waals surface area contributed by atoms with E-state index in [1.54, 1.807) is 23.1 Å². The van der Waals surface area contributed by atoms with Crippen LogP contribution in [0.1, 0.15) is 21.6 Å². The minimum absolute atomic E-state index is 0.260. The molecule has 0 aliphatic rings. The minimum Gasteiger partial charge on any atom is -0.304 e. The van der Waals surface area contributed by atoms with Gasteiger partial charge in [-0.2, -0.15) is 10.2 Å². The van der Waals surface area contributed by atoms with Crippen LogP contribution in [0.3, 0.4) is 0 Å². The monoisotopic (exact) mass is 410 g/mol. The SMILES string of the molecule is Cc1ccccc1-n1ncc(C(=O)Nc2n[nH]c3cnc(Br)cc23)c1C. The number of benzene rings is 1. The Morgan fingerprint density at radius 2 is 2.04 bits per heavy atom.